The van der Waals surface area contributed by atoms with Gasteiger partial charge in [-0.15, -0.1) is 11.8 Å². The predicted molar refractivity (Wildman–Crippen MR) is 113 cm³/mol. The normalized spacial score (nSPS) is 28.4. The summed E-state index contributed by atoms with van der Waals surface area (Å²) >= 11 is 5.91. The Kier molecular flexibility index (Phi) is 9.06. The molecule has 6 atom stereocenters. The predicted octanol–water partition coefficient (Wildman–Crippen LogP) is 0.956. The molecule has 0 radical (unpaired) electrons. The standard InChI is InChI=1S/C14H24N2O10P2S2/c1-8(2)25-28(21,29)26-11-10(22-3)12(16-6-5-9(17)15-14(16)18)24-13(11)30-7-27(19,20)23-4/h5-6,8,10-13H,7H2,1-4H3,(H,19,20)(H,21,29)(H,15,17,18)/t10?,11?,12-,13-,28?/m1/s1. The SMILES string of the molecule is COC1C(OP(O)(=S)OC(C)C)[C@@H](SCP(=O)(O)OC)O[C@H]1n1ccc(=O)[nH]c1=O. The van der Waals surface area contributed by atoms with Gasteiger partial charge in [0.25, 0.3) is 5.56 Å². The lowest BCUT2D eigenvalue weighted by atomic mass is 10.2. The van der Waals surface area contributed by atoms with Crippen LogP contribution < -0.4 is 11.2 Å². The Morgan fingerprint density at radius 3 is 2.53 bits per heavy atom. The van der Waals surface area contributed by atoms with Crippen molar-refractivity contribution in [2.24, 2.45) is 0 Å². The first-order valence-corrected chi connectivity index (χ1v) is 14.0. The Morgan fingerprint density at radius 1 is 1.33 bits per heavy atom. The van der Waals surface area contributed by atoms with Crippen molar-refractivity contribution in [3.8, 4) is 0 Å². The summed E-state index contributed by atoms with van der Waals surface area (Å²) < 4.78 is 39.7. The fraction of sp³-hybridized carbons (Fsp3) is 0.714. The molecule has 16 heteroatoms. The molecule has 172 valence electrons. The van der Waals surface area contributed by atoms with E-state index in [0.29, 0.717) is 0 Å². The quantitative estimate of drug-likeness (QED) is 0.387. The van der Waals surface area contributed by atoms with Crippen molar-refractivity contribution in [2.75, 3.05) is 19.7 Å². The second-order valence-electron chi connectivity index (χ2n) is 6.42. The van der Waals surface area contributed by atoms with E-state index in [0.717, 1.165) is 29.5 Å². The monoisotopic (exact) mass is 506 g/mol. The minimum absolute atomic E-state index is 0.364. The number of rotatable bonds is 10. The van der Waals surface area contributed by atoms with Gasteiger partial charge >= 0.3 is 20.0 Å². The zero-order chi connectivity index (χ0) is 22.7. The van der Waals surface area contributed by atoms with Crippen LogP contribution in [0, 0.1) is 0 Å². The Morgan fingerprint density at radius 2 is 2.00 bits per heavy atom. The summed E-state index contributed by atoms with van der Waals surface area (Å²) in [7, 11) is -1.48. The molecule has 2 rings (SSSR count). The van der Waals surface area contributed by atoms with Crippen LogP contribution in [0.15, 0.2) is 21.9 Å². The topological polar surface area (TPSA) is 159 Å². The molecule has 2 heterocycles. The maximum Gasteiger partial charge on any atom is 0.337 e. The van der Waals surface area contributed by atoms with E-state index in [9.17, 15) is 23.9 Å². The molecule has 1 fully saturated rings. The van der Waals surface area contributed by atoms with Gasteiger partial charge < -0.3 is 28.3 Å². The summed E-state index contributed by atoms with van der Waals surface area (Å²) in [4.78, 5) is 45.8. The number of nitrogens with one attached hydrogen (secondary N) is 1. The average molecular weight is 506 g/mol. The molecule has 0 bridgehead atoms. The number of hydrogen-bond acceptors (Lipinski definition) is 10. The maximum absolute atomic E-state index is 12.2. The molecule has 0 aliphatic carbocycles. The molecule has 1 saturated heterocycles. The van der Waals surface area contributed by atoms with E-state index in [4.69, 9.17) is 30.3 Å². The van der Waals surface area contributed by atoms with Crippen LogP contribution in [-0.4, -0.2) is 62.8 Å². The number of nitrogens with zero attached hydrogens (tertiary/aromatic N) is 1. The molecule has 12 nitrogen and oxygen atoms in total. The summed E-state index contributed by atoms with van der Waals surface area (Å²) in [6.45, 7) is -0.419. The molecule has 0 saturated carbocycles. The van der Waals surface area contributed by atoms with E-state index in [2.05, 4.69) is 9.51 Å². The van der Waals surface area contributed by atoms with Gasteiger partial charge in [0.15, 0.2) is 6.23 Å². The Balaban J connectivity index is 2.38. The second-order valence-corrected chi connectivity index (χ2v) is 12.6. The lowest BCUT2D eigenvalue weighted by molar-refractivity contribution is -0.0459. The molecular formula is C14H24N2O10P2S2. The van der Waals surface area contributed by atoms with Gasteiger partial charge in [0.1, 0.15) is 17.6 Å². The van der Waals surface area contributed by atoms with Gasteiger partial charge in [-0.2, -0.15) is 0 Å². The lowest BCUT2D eigenvalue weighted by Crippen LogP contribution is -2.39. The highest BCUT2D eigenvalue weighted by atomic mass is 32.5. The molecule has 0 spiro atoms. The average Bonchev–Trinajstić information content (AvgIpc) is 2.95. The summed E-state index contributed by atoms with van der Waals surface area (Å²) in [6.07, 6.45) is -2.35. The fourth-order valence-electron chi connectivity index (χ4n) is 2.62. The zero-order valence-corrected chi connectivity index (χ0v) is 20.0. The Bertz CT molecular complexity index is 938. The molecule has 1 aliphatic heterocycles. The highest BCUT2D eigenvalue weighted by Gasteiger charge is 2.50. The third-order valence-electron chi connectivity index (χ3n) is 3.83. The molecule has 4 unspecified atom stereocenters. The van der Waals surface area contributed by atoms with Crippen LogP contribution in [0.3, 0.4) is 0 Å². The van der Waals surface area contributed by atoms with Gasteiger partial charge in [-0.05, 0) is 25.7 Å². The number of methoxy groups -OCH3 is 1. The van der Waals surface area contributed by atoms with Crippen LogP contribution in [0.5, 0.6) is 0 Å². The number of thioether (sulfide) groups is 1. The molecule has 30 heavy (non-hydrogen) atoms. The zero-order valence-electron chi connectivity index (χ0n) is 16.6. The lowest BCUT2D eigenvalue weighted by Gasteiger charge is -2.27. The highest BCUT2D eigenvalue weighted by molar-refractivity contribution is 8.07. The number of hydrogen-bond donors (Lipinski definition) is 3. The van der Waals surface area contributed by atoms with Crippen LogP contribution in [0.25, 0.3) is 0 Å². The number of aromatic nitrogens is 2. The Labute approximate surface area is 181 Å². The van der Waals surface area contributed by atoms with Crippen LogP contribution in [-0.2, 0) is 39.4 Å². The summed E-state index contributed by atoms with van der Waals surface area (Å²) in [5.41, 5.74) is -2.71. The van der Waals surface area contributed by atoms with E-state index < -0.39 is 55.5 Å². The van der Waals surface area contributed by atoms with Crippen molar-refractivity contribution in [2.45, 2.75) is 43.8 Å². The smallest absolute Gasteiger partial charge is 0.337 e. The summed E-state index contributed by atoms with van der Waals surface area (Å²) in [6, 6.07) is 1.12. The molecular weight excluding hydrogens is 482 g/mol. The van der Waals surface area contributed by atoms with Gasteiger partial charge in [0.2, 0.25) is 0 Å². The van der Waals surface area contributed by atoms with Crippen LogP contribution in [0.2, 0.25) is 0 Å². The van der Waals surface area contributed by atoms with Crippen LogP contribution in [0.1, 0.15) is 20.1 Å². The number of H-pyrrole nitrogens is 1. The van der Waals surface area contributed by atoms with Gasteiger partial charge in [0.05, 0.1) is 11.6 Å². The van der Waals surface area contributed by atoms with Crippen molar-refractivity contribution >= 4 is 37.9 Å². The van der Waals surface area contributed by atoms with Crippen LogP contribution >= 0.6 is 26.1 Å². The molecule has 3 N–H and O–H groups in total. The third-order valence-corrected chi connectivity index (χ3v) is 8.72. The number of ether oxygens (including phenoxy) is 2. The van der Waals surface area contributed by atoms with Gasteiger partial charge in [0, 0.05) is 26.5 Å². The van der Waals surface area contributed by atoms with E-state index >= 15 is 0 Å². The largest absolute Gasteiger partial charge is 0.374 e. The minimum Gasteiger partial charge on any atom is -0.374 e. The molecule has 1 aromatic rings. The fourth-order valence-corrected chi connectivity index (χ4v) is 6.99. The molecule has 0 amide bonds. The molecule has 0 aromatic carbocycles. The van der Waals surface area contributed by atoms with Crippen molar-refractivity contribution in [3.63, 3.8) is 0 Å². The van der Waals surface area contributed by atoms with E-state index in [1.165, 1.54) is 13.3 Å². The molecule has 1 aromatic heterocycles. The van der Waals surface area contributed by atoms with Gasteiger partial charge in [-0.1, -0.05) is 0 Å². The van der Waals surface area contributed by atoms with Crippen LogP contribution in [0.4, 0.5) is 0 Å². The van der Waals surface area contributed by atoms with E-state index in [-0.39, 0.29) is 5.49 Å². The highest BCUT2D eigenvalue weighted by Crippen LogP contribution is 2.53. The van der Waals surface area contributed by atoms with Crippen molar-refractivity contribution in [1.29, 1.82) is 0 Å². The minimum atomic E-state index is -3.90. The van der Waals surface area contributed by atoms with Crippen molar-refractivity contribution < 1.29 is 37.4 Å². The maximum atomic E-state index is 12.2. The van der Waals surface area contributed by atoms with E-state index in [1.54, 1.807) is 13.8 Å². The first kappa shape index (κ1) is 25.9. The van der Waals surface area contributed by atoms with E-state index in [1.807, 2.05) is 0 Å². The number of aromatic amines is 1. The van der Waals surface area contributed by atoms with Crippen molar-refractivity contribution in [1.82, 2.24) is 9.55 Å². The first-order chi connectivity index (χ1) is 13.9. The van der Waals surface area contributed by atoms with Gasteiger partial charge in [-0.25, -0.2) is 4.79 Å². The van der Waals surface area contributed by atoms with Gasteiger partial charge in [-0.3, -0.25) is 23.4 Å². The summed E-state index contributed by atoms with van der Waals surface area (Å²) in [5.74, 6) is 0. The summed E-state index contributed by atoms with van der Waals surface area (Å²) in [5, 5.41) is 0. The first-order valence-electron chi connectivity index (χ1n) is 8.57. The molecule has 1 aliphatic rings. The van der Waals surface area contributed by atoms with Crippen molar-refractivity contribution in [3.05, 3.63) is 33.1 Å². The second kappa shape index (κ2) is 10.5. The third kappa shape index (κ3) is 6.81. The Hall–Kier alpha value is -0.370.